The van der Waals surface area contributed by atoms with Gasteiger partial charge in [-0.25, -0.2) is 0 Å². The number of methoxy groups -OCH3 is 1. The number of aromatic nitrogens is 4. The zero-order chi connectivity index (χ0) is 22.9. The predicted octanol–water partition coefficient (Wildman–Crippen LogP) is 2.58. The second-order valence-corrected chi connectivity index (χ2v) is 7.70. The predicted molar refractivity (Wildman–Crippen MR) is 126 cm³/mol. The molecule has 1 aromatic carbocycles. The maximum Gasteiger partial charge on any atom is 0.242 e. The van der Waals surface area contributed by atoms with Gasteiger partial charge in [-0.2, -0.15) is 15.0 Å². The number of carbonyl (C=O) groups excluding carboxylic acids is 1. The Morgan fingerprint density at radius 3 is 2.45 bits per heavy atom. The lowest BCUT2D eigenvalue weighted by molar-refractivity contribution is -0.121. The second kappa shape index (κ2) is 11.1. The summed E-state index contributed by atoms with van der Waals surface area (Å²) in [5.41, 5.74) is 2.08. The van der Waals surface area contributed by atoms with Gasteiger partial charge in [0.1, 0.15) is 11.8 Å². The Labute approximate surface area is 192 Å². The SMILES string of the molecule is COc1cccc(CNc2nc(NCc3ccncc3)nc(NC3CCCCNC3=O)n2)c1. The fourth-order valence-electron chi connectivity index (χ4n) is 3.48. The van der Waals surface area contributed by atoms with Gasteiger partial charge < -0.3 is 26.0 Å². The molecule has 0 radical (unpaired) electrons. The lowest BCUT2D eigenvalue weighted by atomic mass is 10.1. The molecule has 4 rings (SSSR count). The summed E-state index contributed by atoms with van der Waals surface area (Å²) >= 11 is 0. The minimum absolute atomic E-state index is 0.0369. The summed E-state index contributed by atoms with van der Waals surface area (Å²) in [4.78, 5) is 29.9. The average molecular weight is 449 g/mol. The van der Waals surface area contributed by atoms with E-state index in [1.807, 2.05) is 36.4 Å². The van der Waals surface area contributed by atoms with Crippen molar-refractivity contribution in [1.82, 2.24) is 25.3 Å². The second-order valence-electron chi connectivity index (χ2n) is 7.70. The number of pyridine rings is 1. The number of nitrogens with one attached hydrogen (secondary N) is 4. The van der Waals surface area contributed by atoms with Crippen molar-refractivity contribution in [3.63, 3.8) is 0 Å². The van der Waals surface area contributed by atoms with Crippen LogP contribution in [0.5, 0.6) is 5.75 Å². The van der Waals surface area contributed by atoms with Gasteiger partial charge in [0, 0.05) is 32.0 Å². The molecule has 2 aromatic heterocycles. The van der Waals surface area contributed by atoms with Crippen molar-refractivity contribution >= 4 is 23.8 Å². The van der Waals surface area contributed by atoms with E-state index in [9.17, 15) is 4.79 Å². The highest BCUT2D eigenvalue weighted by molar-refractivity contribution is 5.84. The minimum Gasteiger partial charge on any atom is -0.497 e. The topological polar surface area (TPSA) is 126 Å². The van der Waals surface area contributed by atoms with E-state index >= 15 is 0 Å². The van der Waals surface area contributed by atoms with Crippen LogP contribution in [0.3, 0.4) is 0 Å². The Kier molecular flexibility index (Phi) is 7.47. The number of anilines is 3. The number of rotatable bonds is 9. The largest absolute Gasteiger partial charge is 0.497 e. The van der Waals surface area contributed by atoms with Crippen LogP contribution in [0.15, 0.2) is 48.8 Å². The van der Waals surface area contributed by atoms with E-state index in [2.05, 4.69) is 41.2 Å². The molecule has 1 fully saturated rings. The molecule has 10 heteroatoms. The first-order valence-electron chi connectivity index (χ1n) is 11.0. The van der Waals surface area contributed by atoms with Gasteiger partial charge in [-0.1, -0.05) is 12.1 Å². The summed E-state index contributed by atoms with van der Waals surface area (Å²) in [6.45, 7) is 1.74. The van der Waals surface area contributed by atoms with Crippen molar-refractivity contribution in [1.29, 1.82) is 0 Å². The van der Waals surface area contributed by atoms with Crippen molar-refractivity contribution in [2.75, 3.05) is 29.6 Å². The Morgan fingerprint density at radius 1 is 0.970 bits per heavy atom. The summed E-state index contributed by atoms with van der Waals surface area (Å²) in [6.07, 6.45) is 6.12. The van der Waals surface area contributed by atoms with Crippen molar-refractivity contribution in [2.24, 2.45) is 0 Å². The fraction of sp³-hybridized carbons (Fsp3) is 0.348. The number of hydrogen-bond donors (Lipinski definition) is 4. The Morgan fingerprint density at radius 2 is 1.70 bits per heavy atom. The van der Waals surface area contributed by atoms with Crippen LogP contribution in [0, 0.1) is 0 Å². The quantitative estimate of drug-likeness (QED) is 0.391. The number of amides is 1. The number of benzene rings is 1. The van der Waals surface area contributed by atoms with Crippen LogP contribution in [0.4, 0.5) is 17.8 Å². The first-order chi connectivity index (χ1) is 16.2. The third-order valence-corrected chi connectivity index (χ3v) is 5.26. The van der Waals surface area contributed by atoms with Crippen LogP contribution in [0.1, 0.15) is 30.4 Å². The van der Waals surface area contributed by atoms with E-state index in [-0.39, 0.29) is 11.9 Å². The van der Waals surface area contributed by atoms with E-state index in [4.69, 9.17) is 4.74 Å². The highest BCUT2D eigenvalue weighted by Crippen LogP contribution is 2.17. The molecule has 3 heterocycles. The Hall–Kier alpha value is -3.95. The molecule has 1 unspecified atom stereocenters. The number of nitrogens with zero attached hydrogens (tertiary/aromatic N) is 4. The van der Waals surface area contributed by atoms with E-state index in [0.717, 1.165) is 36.1 Å². The van der Waals surface area contributed by atoms with Crippen LogP contribution in [0.2, 0.25) is 0 Å². The van der Waals surface area contributed by atoms with Crippen molar-refractivity contribution in [2.45, 2.75) is 38.4 Å². The van der Waals surface area contributed by atoms with Gasteiger partial charge in [-0.15, -0.1) is 0 Å². The average Bonchev–Trinajstić information content (AvgIpc) is 3.06. The summed E-state index contributed by atoms with van der Waals surface area (Å²) in [5.74, 6) is 1.90. The fourth-order valence-corrected chi connectivity index (χ4v) is 3.48. The van der Waals surface area contributed by atoms with Crippen LogP contribution in [-0.4, -0.2) is 45.5 Å². The molecule has 0 saturated carbocycles. The minimum atomic E-state index is -0.380. The Bertz CT molecular complexity index is 1060. The van der Waals surface area contributed by atoms with E-state index in [0.29, 0.717) is 37.5 Å². The number of ether oxygens (including phenoxy) is 1. The number of carbonyl (C=O) groups is 1. The number of hydrogen-bond acceptors (Lipinski definition) is 9. The zero-order valence-electron chi connectivity index (χ0n) is 18.5. The van der Waals surface area contributed by atoms with Gasteiger partial charge in [-0.3, -0.25) is 9.78 Å². The third-order valence-electron chi connectivity index (χ3n) is 5.26. The van der Waals surface area contributed by atoms with Gasteiger partial charge in [-0.05, 0) is 54.7 Å². The Balaban J connectivity index is 1.51. The van der Waals surface area contributed by atoms with Gasteiger partial charge in [0.05, 0.1) is 7.11 Å². The lowest BCUT2D eigenvalue weighted by Gasteiger charge is -2.16. The molecule has 1 saturated heterocycles. The molecule has 0 spiro atoms. The van der Waals surface area contributed by atoms with Crippen molar-refractivity contribution in [3.05, 3.63) is 59.9 Å². The smallest absolute Gasteiger partial charge is 0.242 e. The molecule has 1 aliphatic heterocycles. The lowest BCUT2D eigenvalue weighted by Crippen LogP contribution is -2.38. The van der Waals surface area contributed by atoms with Crippen molar-refractivity contribution < 1.29 is 9.53 Å². The first kappa shape index (κ1) is 22.3. The highest BCUT2D eigenvalue weighted by Gasteiger charge is 2.22. The summed E-state index contributed by atoms with van der Waals surface area (Å²) in [5, 5.41) is 12.6. The normalized spacial score (nSPS) is 15.8. The molecule has 0 aliphatic carbocycles. The summed E-state index contributed by atoms with van der Waals surface area (Å²) < 4.78 is 5.29. The molecule has 3 aromatic rings. The molecule has 172 valence electrons. The van der Waals surface area contributed by atoms with E-state index in [1.54, 1.807) is 19.5 Å². The van der Waals surface area contributed by atoms with E-state index in [1.165, 1.54) is 0 Å². The van der Waals surface area contributed by atoms with Gasteiger partial charge in [0.25, 0.3) is 0 Å². The highest BCUT2D eigenvalue weighted by atomic mass is 16.5. The van der Waals surface area contributed by atoms with Crippen molar-refractivity contribution in [3.8, 4) is 5.75 Å². The molecule has 1 aliphatic rings. The monoisotopic (exact) mass is 448 g/mol. The molecule has 0 bridgehead atoms. The van der Waals surface area contributed by atoms with Gasteiger partial charge >= 0.3 is 0 Å². The van der Waals surface area contributed by atoms with E-state index < -0.39 is 0 Å². The zero-order valence-corrected chi connectivity index (χ0v) is 18.5. The van der Waals surface area contributed by atoms with Gasteiger partial charge in [0.15, 0.2) is 0 Å². The van der Waals surface area contributed by atoms with Gasteiger partial charge in [0.2, 0.25) is 23.8 Å². The standard InChI is InChI=1S/C23H28N8O2/c1-33-18-6-4-5-17(13-18)15-27-22-29-21(26-14-16-8-11-24-12-9-16)30-23(31-22)28-19-7-2-3-10-25-20(19)32/h4-6,8-9,11-13,19H,2-3,7,10,14-15H2,1H3,(H,25,32)(H3,26,27,28,29,30,31). The van der Waals surface area contributed by atoms with Crippen LogP contribution in [-0.2, 0) is 17.9 Å². The molecule has 1 amide bonds. The first-order valence-corrected chi connectivity index (χ1v) is 11.0. The summed E-state index contributed by atoms with van der Waals surface area (Å²) in [7, 11) is 1.64. The maximum absolute atomic E-state index is 12.4. The molecular weight excluding hydrogens is 420 g/mol. The molecule has 33 heavy (non-hydrogen) atoms. The maximum atomic E-state index is 12.4. The van der Waals surface area contributed by atoms with Crippen LogP contribution < -0.4 is 26.0 Å². The molecule has 4 N–H and O–H groups in total. The summed E-state index contributed by atoms with van der Waals surface area (Å²) in [6, 6.07) is 11.2. The molecular formula is C23H28N8O2. The molecule has 1 atom stereocenters. The van der Waals surface area contributed by atoms with Crippen LogP contribution >= 0.6 is 0 Å². The third kappa shape index (κ3) is 6.52. The van der Waals surface area contributed by atoms with Crippen LogP contribution in [0.25, 0.3) is 0 Å². The molecule has 10 nitrogen and oxygen atoms in total.